The van der Waals surface area contributed by atoms with Gasteiger partial charge in [-0.1, -0.05) is 35.9 Å². The number of piperidine rings is 1. The van der Waals surface area contributed by atoms with Gasteiger partial charge < -0.3 is 41.4 Å². The fourth-order valence-corrected chi connectivity index (χ4v) is 5.51. The quantitative estimate of drug-likeness (QED) is 0.205. The second-order valence-electron chi connectivity index (χ2n) is 11.0. The monoisotopic (exact) mass is 652 g/mol. The molecule has 15 heteroatoms. The molecule has 1 unspecified atom stereocenters. The summed E-state index contributed by atoms with van der Waals surface area (Å²) in [6, 6.07) is 14.7. The van der Waals surface area contributed by atoms with Crippen molar-refractivity contribution in [3.8, 4) is 11.5 Å². The number of benzene rings is 2. The number of halogens is 4. The van der Waals surface area contributed by atoms with E-state index in [1.54, 1.807) is 24.3 Å². The number of aliphatic carboxylic acids is 1. The van der Waals surface area contributed by atoms with Gasteiger partial charge >= 0.3 is 6.18 Å². The molecule has 0 bridgehead atoms. The number of likely N-dealkylation sites (tertiary alicyclic amines) is 1. The Hall–Kier alpha value is -4.30. The van der Waals surface area contributed by atoms with Crippen LogP contribution in [0, 0.1) is 0 Å². The number of quaternary nitrogens is 1. The van der Waals surface area contributed by atoms with Gasteiger partial charge in [0.1, 0.15) is 17.5 Å². The van der Waals surface area contributed by atoms with Crippen LogP contribution in [0.3, 0.4) is 0 Å². The summed E-state index contributed by atoms with van der Waals surface area (Å²) in [4.78, 5) is 29.8. The third-order valence-electron chi connectivity index (χ3n) is 7.55. The SMILES string of the molecule is Nc1nc(N)c(C(=O)NC2CCC[N+](CCCc3ccc(O)cc3)(CCCc3ccc(O)cc3)C2)nc1Cl.O=C([O-])C(F)(F)F. The fraction of sp³-hybridized carbons (Fsp3) is 0.400. The lowest BCUT2D eigenvalue weighted by atomic mass is 9.99. The summed E-state index contributed by atoms with van der Waals surface area (Å²) in [7, 11) is 0. The number of carboxylic acid groups (broad SMARTS) is 1. The number of anilines is 2. The van der Waals surface area contributed by atoms with E-state index < -0.39 is 18.1 Å². The van der Waals surface area contributed by atoms with Gasteiger partial charge in [-0.3, -0.25) is 4.79 Å². The Morgan fingerprint density at radius 3 is 1.89 bits per heavy atom. The molecule has 3 aromatic rings. The number of nitrogens with one attached hydrogen (secondary N) is 1. The number of hydrogen-bond acceptors (Lipinski definition) is 9. The molecule has 1 fully saturated rings. The smallest absolute Gasteiger partial charge is 0.430 e. The largest absolute Gasteiger partial charge is 0.542 e. The summed E-state index contributed by atoms with van der Waals surface area (Å²) >= 11 is 5.99. The number of nitrogens with two attached hydrogens (primary N) is 2. The molecule has 0 spiro atoms. The van der Waals surface area contributed by atoms with E-state index in [4.69, 9.17) is 33.0 Å². The predicted molar refractivity (Wildman–Crippen MR) is 160 cm³/mol. The first-order valence-electron chi connectivity index (χ1n) is 14.3. The predicted octanol–water partition coefficient (Wildman–Crippen LogP) is 2.98. The highest BCUT2D eigenvalue weighted by molar-refractivity contribution is 6.31. The highest BCUT2D eigenvalue weighted by atomic mass is 35.5. The van der Waals surface area contributed by atoms with Crippen LogP contribution in [-0.4, -0.2) is 74.9 Å². The molecular formula is C30H36ClF3N6O5. The molecule has 11 nitrogen and oxygen atoms in total. The number of phenolic OH excluding ortho intramolecular Hbond substituents is 2. The summed E-state index contributed by atoms with van der Waals surface area (Å²) in [5, 5.41) is 31.0. The van der Waals surface area contributed by atoms with Crippen molar-refractivity contribution in [1.82, 2.24) is 15.3 Å². The number of alkyl halides is 3. The molecular weight excluding hydrogens is 617 g/mol. The van der Waals surface area contributed by atoms with Crippen LogP contribution in [-0.2, 0) is 17.6 Å². The average Bonchev–Trinajstić information content (AvgIpc) is 2.97. The zero-order valence-corrected chi connectivity index (χ0v) is 25.2. The van der Waals surface area contributed by atoms with Crippen molar-refractivity contribution in [3.63, 3.8) is 0 Å². The van der Waals surface area contributed by atoms with E-state index in [9.17, 15) is 28.2 Å². The van der Waals surface area contributed by atoms with Crippen molar-refractivity contribution in [2.75, 3.05) is 37.6 Å². The molecule has 45 heavy (non-hydrogen) atoms. The van der Waals surface area contributed by atoms with Gasteiger partial charge in [-0.25, -0.2) is 9.97 Å². The first-order chi connectivity index (χ1) is 21.2. The normalized spacial score (nSPS) is 15.9. The lowest BCUT2D eigenvalue weighted by molar-refractivity contribution is -0.933. The van der Waals surface area contributed by atoms with Crippen molar-refractivity contribution < 1.29 is 42.6 Å². The van der Waals surface area contributed by atoms with Gasteiger partial charge in [0.15, 0.2) is 22.5 Å². The minimum absolute atomic E-state index is 0.00340. The second-order valence-corrected chi connectivity index (χ2v) is 11.3. The number of nitrogens with zero attached hydrogens (tertiary/aromatic N) is 3. The van der Waals surface area contributed by atoms with Crippen LogP contribution in [0.2, 0.25) is 5.15 Å². The molecule has 1 saturated heterocycles. The summed E-state index contributed by atoms with van der Waals surface area (Å²) in [6.45, 7) is 3.83. The van der Waals surface area contributed by atoms with Crippen molar-refractivity contribution in [1.29, 1.82) is 0 Å². The molecule has 2 aromatic carbocycles. The number of aryl methyl sites for hydroxylation is 2. The number of aromatic hydroxyl groups is 2. The second kappa shape index (κ2) is 15.6. The van der Waals surface area contributed by atoms with Crippen molar-refractivity contribution in [3.05, 3.63) is 70.5 Å². The minimum atomic E-state index is -5.19. The minimum Gasteiger partial charge on any atom is -0.542 e. The van der Waals surface area contributed by atoms with Gasteiger partial charge in [-0.05, 0) is 61.1 Å². The van der Waals surface area contributed by atoms with E-state index in [0.29, 0.717) is 0 Å². The van der Waals surface area contributed by atoms with Gasteiger partial charge in [0, 0.05) is 12.8 Å². The van der Waals surface area contributed by atoms with E-state index >= 15 is 0 Å². The van der Waals surface area contributed by atoms with Crippen molar-refractivity contribution in [2.24, 2.45) is 0 Å². The Bertz CT molecular complexity index is 1390. The Morgan fingerprint density at radius 1 is 0.933 bits per heavy atom. The molecule has 7 N–H and O–H groups in total. The molecule has 0 saturated carbocycles. The van der Waals surface area contributed by atoms with Gasteiger partial charge in [0.2, 0.25) is 0 Å². The Kier molecular flexibility index (Phi) is 12.2. The standard InChI is InChI=1S/C28H35ClN6O3.C2HF3O2/c29-25-27(31)34-26(30)24(33-25)28(38)32-21-6-3-17-35(18-21,15-1-4-19-7-11-22(36)12-8-19)16-2-5-20-9-13-23(37)14-10-20;3-2(4,5)1(6)7/h7-14,21H,1-6,15-18H2,(H6-,30,31,32,34,36,37,38);(H,6,7). The number of rotatable bonds is 10. The van der Waals surface area contributed by atoms with Gasteiger partial charge in [0.05, 0.1) is 32.2 Å². The molecule has 244 valence electrons. The van der Waals surface area contributed by atoms with Crippen LogP contribution >= 0.6 is 11.6 Å². The fourth-order valence-electron chi connectivity index (χ4n) is 5.38. The molecule has 0 aliphatic carbocycles. The molecule has 4 rings (SSSR count). The van der Waals surface area contributed by atoms with Crippen LogP contribution in [0.5, 0.6) is 11.5 Å². The van der Waals surface area contributed by atoms with E-state index in [1.165, 1.54) is 11.1 Å². The summed E-state index contributed by atoms with van der Waals surface area (Å²) in [6.07, 6.45) is 0.509. The van der Waals surface area contributed by atoms with Crippen LogP contribution in [0.4, 0.5) is 24.8 Å². The first-order valence-corrected chi connectivity index (χ1v) is 14.6. The van der Waals surface area contributed by atoms with Crippen molar-refractivity contribution >= 4 is 35.1 Å². The number of amides is 1. The summed E-state index contributed by atoms with van der Waals surface area (Å²) in [5.74, 6) is -2.90. The molecule has 1 amide bonds. The van der Waals surface area contributed by atoms with E-state index in [0.717, 1.165) is 69.2 Å². The lowest BCUT2D eigenvalue weighted by Crippen LogP contribution is -2.60. The number of aromatic nitrogens is 2. The van der Waals surface area contributed by atoms with Crippen LogP contribution in [0.25, 0.3) is 0 Å². The summed E-state index contributed by atoms with van der Waals surface area (Å²) in [5.41, 5.74) is 13.9. The maximum absolute atomic E-state index is 13.0. The third kappa shape index (κ3) is 11.0. The zero-order valence-electron chi connectivity index (χ0n) is 24.4. The molecule has 1 atom stereocenters. The van der Waals surface area contributed by atoms with Gasteiger partial charge in [-0.2, -0.15) is 13.2 Å². The van der Waals surface area contributed by atoms with Crippen LogP contribution in [0.15, 0.2) is 48.5 Å². The number of carbonyl (C=O) groups is 2. The Morgan fingerprint density at radius 2 is 1.42 bits per heavy atom. The summed E-state index contributed by atoms with van der Waals surface area (Å²) < 4.78 is 32.5. The third-order valence-corrected chi connectivity index (χ3v) is 7.83. The van der Waals surface area contributed by atoms with Gasteiger partial charge in [0.25, 0.3) is 5.91 Å². The maximum Gasteiger partial charge on any atom is 0.430 e. The van der Waals surface area contributed by atoms with E-state index in [-0.39, 0.29) is 40.0 Å². The molecule has 0 radical (unpaired) electrons. The Balaban J connectivity index is 0.000000707. The molecule has 1 aliphatic heterocycles. The van der Waals surface area contributed by atoms with Crippen LogP contribution < -0.4 is 21.9 Å². The Labute approximate surface area is 263 Å². The average molecular weight is 653 g/mol. The molecule has 1 aromatic heterocycles. The zero-order chi connectivity index (χ0) is 33.2. The number of carboxylic acids is 1. The first kappa shape index (κ1) is 35.2. The van der Waals surface area contributed by atoms with E-state index in [1.807, 2.05) is 24.3 Å². The number of carbonyl (C=O) groups excluding carboxylic acids is 2. The highest BCUT2D eigenvalue weighted by Crippen LogP contribution is 2.24. The number of nitrogen functional groups attached to an aromatic ring is 2. The maximum atomic E-state index is 13.0. The number of phenols is 2. The van der Waals surface area contributed by atoms with Crippen LogP contribution in [0.1, 0.15) is 47.3 Å². The lowest BCUT2D eigenvalue weighted by Gasteiger charge is -2.45. The molecule has 1 aliphatic rings. The van der Waals surface area contributed by atoms with Crippen molar-refractivity contribution in [2.45, 2.75) is 50.7 Å². The van der Waals surface area contributed by atoms with Gasteiger partial charge in [-0.15, -0.1) is 0 Å². The highest BCUT2D eigenvalue weighted by Gasteiger charge is 2.35. The van der Waals surface area contributed by atoms with E-state index in [2.05, 4.69) is 15.3 Å². The topological polar surface area (TPSA) is 188 Å². The molecule has 2 heterocycles. The number of hydrogen-bond donors (Lipinski definition) is 5.